The van der Waals surface area contributed by atoms with Crippen LogP contribution in [-0.2, 0) is 4.79 Å². The van der Waals surface area contributed by atoms with Gasteiger partial charge in [0.05, 0.1) is 0 Å². The first-order chi connectivity index (χ1) is 6.70. The molecule has 0 unspecified atom stereocenters. The number of likely N-dealkylation sites (N-methyl/N-ethyl adjacent to an activating group) is 1. The fraction of sp³-hybridized carbons (Fsp3) is 0.909. The Morgan fingerprint density at radius 1 is 1.29 bits per heavy atom. The highest BCUT2D eigenvalue weighted by Crippen LogP contribution is 1.98. The summed E-state index contributed by atoms with van der Waals surface area (Å²) in [5, 5.41) is 6.18. The van der Waals surface area contributed by atoms with Crippen molar-refractivity contribution in [2.75, 3.05) is 13.1 Å². The number of carbonyl (C=O) groups excluding carboxylic acids is 1. The number of amides is 1. The molecule has 0 heterocycles. The van der Waals surface area contributed by atoms with Gasteiger partial charge in [-0.3, -0.25) is 4.79 Å². The molecule has 0 bridgehead atoms. The van der Waals surface area contributed by atoms with Crippen molar-refractivity contribution >= 4 is 5.91 Å². The lowest BCUT2D eigenvalue weighted by Gasteiger charge is -2.12. The van der Waals surface area contributed by atoms with Gasteiger partial charge in [0, 0.05) is 19.0 Å². The maximum Gasteiger partial charge on any atom is 0.220 e. The van der Waals surface area contributed by atoms with Crippen LogP contribution in [-0.4, -0.2) is 25.0 Å². The SMILES string of the molecule is CCCCCC(=O)NC[C@@H](C)NCC. The Bertz CT molecular complexity index is 148. The molecular weight excluding hydrogens is 176 g/mol. The molecule has 0 radical (unpaired) electrons. The van der Waals surface area contributed by atoms with E-state index < -0.39 is 0 Å². The summed E-state index contributed by atoms with van der Waals surface area (Å²) in [5.74, 6) is 0.184. The number of carbonyl (C=O) groups is 1. The highest BCUT2D eigenvalue weighted by atomic mass is 16.1. The molecule has 2 N–H and O–H groups in total. The van der Waals surface area contributed by atoms with E-state index in [1.165, 1.54) is 6.42 Å². The number of hydrogen-bond donors (Lipinski definition) is 2. The molecule has 3 nitrogen and oxygen atoms in total. The Hall–Kier alpha value is -0.570. The van der Waals surface area contributed by atoms with Gasteiger partial charge >= 0.3 is 0 Å². The van der Waals surface area contributed by atoms with E-state index in [4.69, 9.17) is 0 Å². The van der Waals surface area contributed by atoms with Crippen LogP contribution in [0.15, 0.2) is 0 Å². The Labute approximate surface area is 87.6 Å². The Balaban J connectivity index is 3.34. The number of nitrogens with one attached hydrogen (secondary N) is 2. The smallest absolute Gasteiger partial charge is 0.220 e. The third kappa shape index (κ3) is 8.05. The molecule has 3 heteroatoms. The summed E-state index contributed by atoms with van der Waals surface area (Å²) in [6.07, 6.45) is 4.00. The zero-order chi connectivity index (χ0) is 10.8. The van der Waals surface area contributed by atoms with Gasteiger partial charge in [0.1, 0.15) is 0 Å². The van der Waals surface area contributed by atoms with Crippen LogP contribution in [0.5, 0.6) is 0 Å². The van der Waals surface area contributed by atoms with Gasteiger partial charge < -0.3 is 10.6 Å². The number of rotatable bonds is 8. The quantitative estimate of drug-likeness (QED) is 0.585. The zero-order valence-corrected chi connectivity index (χ0v) is 9.73. The van der Waals surface area contributed by atoms with Gasteiger partial charge in [-0.05, 0) is 19.9 Å². The minimum Gasteiger partial charge on any atom is -0.355 e. The average Bonchev–Trinajstić information content (AvgIpc) is 2.16. The Morgan fingerprint density at radius 3 is 2.57 bits per heavy atom. The monoisotopic (exact) mass is 200 g/mol. The second kappa shape index (κ2) is 9.00. The summed E-state index contributed by atoms with van der Waals surface area (Å²) in [5.41, 5.74) is 0. The van der Waals surface area contributed by atoms with Crippen molar-refractivity contribution in [1.82, 2.24) is 10.6 Å². The lowest BCUT2D eigenvalue weighted by atomic mass is 10.2. The van der Waals surface area contributed by atoms with Crippen LogP contribution in [0.3, 0.4) is 0 Å². The molecule has 0 aromatic heterocycles. The van der Waals surface area contributed by atoms with Gasteiger partial charge in [0.15, 0.2) is 0 Å². The van der Waals surface area contributed by atoms with E-state index in [0.29, 0.717) is 12.5 Å². The molecule has 1 amide bonds. The van der Waals surface area contributed by atoms with Crippen LogP contribution in [0.1, 0.15) is 46.5 Å². The van der Waals surface area contributed by atoms with Crippen molar-refractivity contribution in [2.45, 2.75) is 52.5 Å². The highest BCUT2D eigenvalue weighted by Gasteiger charge is 2.03. The molecule has 0 saturated carbocycles. The van der Waals surface area contributed by atoms with Crippen LogP contribution in [0.25, 0.3) is 0 Å². The molecule has 0 aromatic carbocycles. The van der Waals surface area contributed by atoms with Crippen molar-refractivity contribution in [2.24, 2.45) is 0 Å². The van der Waals surface area contributed by atoms with Crippen LogP contribution in [0.2, 0.25) is 0 Å². The topological polar surface area (TPSA) is 41.1 Å². The van der Waals surface area contributed by atoms with Gasteiger partial charge in [-0.25, -0.2) is 0 Å². The van der Waals surface area contributed by atoms with Crippen LogP contribution in [0.4, 0.5) is 0 Å². The molecule has 0 fully saturated rings. The first-order valence-corrected chi connectivity index (χ1v) is 5.70. The molecule has 0 spiro atoms. The van der Waals surface area contributed by atoms with Gasteiger partial charge in [-0.1, -0.05) is 26.7 Å². The van der Waals surface area contributed by atoms with E-state index >= 15 is 0 Å². The van der Waals surface area contributed by atoms with Gasteiger partial charge in [0.2, 0.25) is 5.91 Å². The van der Waals surface area contributed by atoms with Crippen molar-refractivity contribution < 1.29 is 4.79 Å². The van der Waals surface area contributed by atoms with E-state index in [-0.39, 0.29) is 5.91 Å². The van der Waals surface area contributed by atoms with Gasteiger partial charge in [0.25, 0.3) is 0 Å². The number of unbranched alkanes of at least 4 members (excludes halogenated alkanes) is 2. The molecule has 0 aliphatic rings. The molecule has 0 saturated heterocycles. The lowest BCUT2D eigenvalue weighted by Crippen LogP contribution is -2.38. The first kappa shape index (κ1) is 13.4. The van der Waals surface area contributed by atoms with Crippen LogP contribution < -0.4 is 10.6 Å². The van der Waals surface area contributed by atoms with Crippen molar-refractivity contribution in [3.8, 4) is 0 Å². The molecule has 84 valence electrons. The highest BCUT2D eigenvalue weighted by molar-refractivity contribution is 5.75. The van der Waals surface area contributed by atoms with E-state index in [1.807, 2.05) is 0 Å². The summed E-state index contributed by atoms with van der Waals surface area (Å²) in [4.78, 5) is 11.3. The molecule has 0 aliphatic heterocycles. The van der Waals surface area contributed by atoms with Gasteiger partial charge in [-0.2, -0.15) is 0 Å². The second-order valence-electron chi connectivity index (χ2n) is 3.72. The van der Waals surface area contributed by atoms with E-state index in [2.05, 4.69) is 31.4 Å². The summed E-state index contributed by atoms with van der Waals surface area (Å²) in [6.45, 7) is 7.98. The predicted molar refractivity (Wildman–Crippen MR) is 60.3 cm³/mol. The predicted octanol–water partition coefficient (Wildman–Crippen LogP) is 1.68. The fourth-order valence-electron chi connectivity index (χ4n) is 1.31. The Kier molecular flexibility index (Phi) is 8.64. The van der Waals surface area contributed by atoms with Crippen molar-refractivity contribution in [1.29, 1.82) is 0 Å². The minimum atomic E-state index is 0.184. The van der Waals surface area contributed by atoms with E-state index in [9.17, 15) is 4.79 Å². The molecule has 1 atom stereocenters. The summed E-state index contributed by atoms with van der Waals surface area (Å²) in [6, 6.07) is 0.370. The third-order valence-electron chi connectivity index (χ3n) is 2.17. The standard InChI is InChI=1S/C11H24N2O/c1-4-6-7-8-11(14)13-9-10(3)12-5-2/h10,12H,4-9H2,1-3H3,(H,13,14)/t10-/m1/s1. The van der Waals surface area contributed by atoms with Crippen LogP contribution in [0, 0.1) is 0 Å². The van der Waals surface area contributed by atoms with Crippen molar-refractivity contribution in [3.63, 3.8) is 0 Å². The first-order valence-electron chi connectivity index (χ1n) is 5.70. The maximum absolute atomic E-state index is 11.3. The van der Waals surface area contributed by atoms with Crippen molar-refractivity contribution in [3.05, 3.63) is 0 Å². The average molecular weight is 200 g/mol. The molecule has 0 rings (SSSR count). The molecule has 0 aliphatic carbocycles. The summed E-state index contributed by atoms with van der Waals surface area (Å²) >= 11 is 0. The van der Waals surface area contributed by atoms with E-state index in [0.717, 1.165) is 25.9 Å². The summed E-state index contributed by atoms with van der Waals surface area (Å²) < 4.78 is 0. The molecular formula is C11H24N2O. The van der Waals surface area contributed by atoms with Crippen LogP contribution >= 0.6 is 0 Å². The second-order valence-corrected chi connectivity index (χ2v) is 3.72. The fourth-order valence-corrected chi connectivity index (χ4v) is 1.31. The van der Waals surface area contributed by atoms with Gasteiger partial charge in [-0.15, -0.1) is 0 Å². The Morgan fingerprint density at radius 2 is 2.00 bits per heavy atom. The minimum absolute atomic E-state index is 0.184. The normalized spacial score (nSPS) is 12.5. The third-order valence-corrected chi connectivity index (χ3v) is 2.17. The zero-order valence-electron chi connectivity index (χ0n) is 9.73. The molecule has 14 heavy (non-hydrogen) atoms. The summed E-state index contributed by atoms with van der Waals surface area (Å²) in [7, 11) is 0. The lowest BCUT2D eigenvalue weighted by molar-refractivity contribution is -0.121. The van der Waals surface area contributed by atoms with E-state index in [1.54, 1.807) is 0 Å². The maximum atomic E-state index is 11.3. The largest absolute Gasteiger partial charge is 0.355 e. The number of hydrogen-bond acceptors (Lipinski definition) is 2. The molecule has 0 aromatic rings.